The molecule has 1 saturated heterocycles. The van der Waals surface area contributed by atoms with Crippen LogP contribution >= 0.6 is 0 Å². The fourth-order valence-corrected chi connectivity index (χ4v) is 1.84. The lowest BCUT2D eigenvalue weighted by atomic mass is 9.91. The van der Waals surface area contributed by atoms with E-state index in [9.17, 15) is 4.79 Å². The largest absolute Gasteiger partial charge is 0.481 e. The zero-order chi connectivity index (χ0) is 8.72. The second kappa shape index (κ2) is 2.57. The Morgan fingerprint density at radius 2 is 2.17 bits per heavy atom. The summed E-state index contributed by atoms with van der Waals surface area (Å²) in [6.07, 6.45) is 2.87. The van der Waals surface area contributed by atoms with Crippen molar-refractivity contribution in [2.75, 3.05) is 7.11 Å². The molecular formula is C8H10O4. The Labute approximate surface area is 69.8 Å². The van der Waals surface area contributed by atoms with Crippen molar-refractivity contribution in [3.63, 3.8) is 0 Å². The van der Waals surface area contributed by atoms with Crippen LogP contribution in [0.25, 0.3) is 0 Å². The fourth-order valence-electron chi connectivity index (χ4n) is 1.84. The molecule has 1 fully saturated rings. The Balaban J connectivity index is 2.23. The molecule has 0 saturated carbocycles. The molecule has 0 spiro atoms. The molecule has 1 N–H and O–H groups in total. The van der Waals surface area contributed by atoms with E-state index in [0.717, 1.165) is 0 Å². The highest BCUT2D eigenvalue weighted by Gasteiger charge is 2.50. The van der Waals surface area contributed by atoms with Crippen LogP contribution in [0.2, 0.25) is 0 Å². The van der Waals surface area contributed by atoms with Gasteiger partial charge in [0.15, 0.2) is 0 Å². The summed E-state index contributed by atoms with van der Waals surface area (Å²) in [5.74, 6) is -1.39. The van der Waals surface area contributed by atoms with Gasteiger partial charge in [-0.15, -0.1) is 0 Å². The number of carbonyl (C=O) groups is 1. The Kier molecular flexibility index (Phi) is 1.66. The highest BCUT2D eigenvalue weighted by atomic mass is 16.6. The van der Waals surface area contributed by atoms with Crippen LogP contribution in [0.3, 0.4) is 0 Å². The Morgan fingerprint density at radius 1 is 1.50 bits per heavy atom. The first kappa shape index (κ1) is 7.76. The van der Waals surface area contributed by atoms with E-state index in [2.05, 4.69) is 0 Å². The standard InChI is InChI=1S/C8H10O4/c1-11-7-5-3-2-4(12-5)6(7)8(9)10/h2-7H,1H3,(H,9,10). The van der Waals surface area contributed by atoms with Gasteiger partial charge in [-0.25, -0.2) is 0 Å². The average Bonchev–Trinajstić information content (AvgIpc) is 2.60. The third-order valence-corrected chi connectivity index (χ3v) is 2.39. The summed E-state index contributed by atoms with van der Waals surface area (Å²) >= 11 is 0. The lowest BCUT2D eigenvalue weighted by Crippen LogP contribution is -2.36. The van der Waals surface area contributed by atoms with Crippen molar-refractivity contribution in [2.45, 2.75) is 18.3 Å². The van der Waals surface area contributed by atoms with Crippen LogP contribution in [0, 0.1) is 5.92 Å². The van der Waals surface area contributed by atoms with Crippen molar-refractivity contribution >= 4 is 5.97 Å². The van der Waals surface area contributed by atoms with E-state index in [1.807, 2.05) is 6.08 Å². The van der Waals surface area contributed by atoms with Crippen molar-refractivity contribution in [3.05, 3.63) is 12.2 Å². The van der Waals surface area contributed by atoms with Gasteiger partial charge >= 0.3 is 5.97 Å². The molecule has 0 aromatic carbocycles. The molecular weight excluding hydrogens is 160 g/mol. The molecule has 4 unspecified atom stereocenters. The molecule has 2 aliphatic rings. The summed E-state index contributed by atoms with van der Waals surface area (Å²) in [5, 5.41) is 8.84. The summed E-state index contributed by atoms with van der Waals surface area (Å²) in [4.78, 5) is 10.8. The molecule has 0 amide bonds. The molecule has 2 aliphatic heterocycles. The van der Waals surface area contributed by atoms with E-state index < -0.39 is 11.9 Å². The van der Waals surface area contributed by atoms with Crippen LogP contribution in [0.15, 0.2) is 12.2 Å². The molecule has 12 heavy (non-hydrogen) atoms. The van der Waals surface area contributed by atoms with Gasteiger partial charge in [0, 0.05) is 7.11 Å². The molecule has 0 aromatic rings. The summed E-state index contributed by atoms with van der Waals surface area (Å²) in [5.41, 5.74) is 0. The summed E-state index contributed by atoms with van der Waals surface area (Å²) in [7, 11) is 1.51. The van der Waals surface area contributed by atoms with Gasteiger partial charge in [-0.05, 0) is 0 Å². The number of rotatable bonds is 2. The minimum absolute atomic E-state index is 0.166. The Hall–Kier alpha value is -0.870. The van der Waals surface area contributed by atoms with E-state index in [4.69, 9.17) is 14.6 Å². The third kappa shape index (κ3) is 0.884. The van der Waals surface area contributed by atoms with Crippen molar-refractivity contribution in [1.82, 2.24) is 0 Å². The van der Waals surface area contributed by atoms with Crippen LogP contribution in [0.5, 0.6) is 0 Å². The molecule has 0 radical (unpaired) electrons. The van der Waals surface area contributed by atoms with Gasteiger partial charge in [0.1, 0.15) is 18.1 Å². The van der Waals surface area contributed by atoms with E-state index in [1.165, 1.54) is 7.11 Å². The van der Waals surface area contributed by atoms with Gasteiger partial charge in [-0.2, -0.15) is 0 Å². The zero-order valence-electron chi connectivity index (χ0n) is 6.64. The second-order valence-electron chi connectivity index (χ2n) is 3.01. The van der Waals surface area contributed by atoms with Crippen LogP contribution in [0.4, 0.5) is 0 Å². The summed E-state index contributed by atoms with van der Waals surface area (Å²) in [6, 6.07) is 0. The maximum absolute atomic E-state index is 10.8. The summed E-state index contributed by atoms with van der Waals surface area (Å²) in [6.45, 7) is 0. The third-order valence-electron chi connectivity index (χ3n) is 2.39. The van der Waals surface area contributed by atoms with E-state index in [0.29, 0.717) is 0 Å². The number of aliphatic carboxylic acids is 1. The SMILES string of the molecule is COC1C2C=CC(O2)C1C(=O)O. The first-order valence-electron chi connectivity index (χ1n) is 3.83. The minimum atomic E-state index is -0.848. The first-order valence-corrected chi connectivity index (χ1v) is 3.83. The molecule has 0 aliphatic carbocycles. The number of ether oxygens (including phenoxy) is 2. The number of methoxy groups -OCH3 is 1. The molecule has 2 rings (SSSR count). The molecule has 66 valence electrons. The topological polar surface area (TPSA) is 55.8 Å². The summed E-state index contributed by atoms with van der Waals surface area (Å²) < 4.78 is 10.4. The predicted octanol–water partition coefficient (Wildman–Crippen LogP) is 0.0394. The van der Waals surface area contributed by atoms with Crippen LogP contribution in [-0.2, 0) is 14.3 Å². The Bertz CT molecular complexity index is 235. The fraction of sp³-hybridized carbons (Fsp3) is 0.625. The van der Waals surface area contributed by atoms with Crippen molar-refractivity contribution in [2.24, 2.45) is 5.92 Å². The maximum atomic E-state index is 10.8. The minimum Gasteiger partial charge on any atom is -0.481 e. The molecule has 4 heteroatoms. The van der Waals surface area contributed by atoms with E-state index >= 15 is 0 Å². The lowest BCUT2D eigenvalue weighted by molar-refractivity contribution is -0.146. The van der Waals surface area contributed by atoms with Crippen LogP contribution < -0.4 is 0 Å². The first-order chi connectivity index (χ1) is 5.74. The number of carboxylic acids is 1. The average molecular weight is 170 g/mol. The van der Waals surface area contributed by atoms with E-state index in [1.54, 1.807) is 6.08 Å². The van der Waals surface area contributed by atoms with Gasteiger partial charge in [-0.1, -0.05) is 12.2 Å². The van der Waals surface area contributed by atoms with Gasteiger partial charge in [-0.3, -0.25) is 4.79 Å². The highest BCUT2D eigenvalue weighted by molar-refractivity contribution is 5.73. The maximum Gasteiger partial charge on any atom is 0.312 e. The number of hydrogen-bond donors (Lipinski definition) is 1. The van der Waals surface area contributed by atoms with Crippen LogP contribution in [0.1, 0.15) is 0 Å². The normalized spacial score (nSPS) is 43.8. The van der Waals surface area contributed by atoms with Crippen molar-refractivity contribution in [3.8, 4) is 0 Å². The van der Waals surface area contributed by atoms with Gasteiger partial charge < -0.3 is 14.6 Å². The van der Waals surface area contributed by atoms with Crippen LogP contribution in [-0.4, -0.2) is 36.5 Å². The molecule has 2 bridgehead atoms. The molecule has 4 nitrogen and oxygen atoms in total. The molecule has 2 heterocycles. The number of fused-ring (bicyclic) bond motifs is 2. The molecule has 4 atom stereocenters. The monoisotopic (exact) mass is 170 g/mol. The Morgan fingerprint density at radius 3 is 2.67 bits per heavy atom. The van der Waals surface area contributed by atoms with Crippen molar-refractivity contribution in [1.29, 1.82) is 0 Å². The highest BCUT2D eigenvalue weighted by Crippen LogP contribution is 2.35. The predicted molar refractivity (Wildman–Crippen MR) is 39.7 cm³/mol. The lowest BCUT2D eigenvalue weighted by Gasteiger charge is -2.19. The van der Waals surface area contributed by atoms with Crippen molar-refractivity contribution < 1.29 is 19.4 Å². The second-order valence-corrected chi connectivity index (χ2v) is 3.01. The zero-order valence-corrected chi connectivity index (χ0v) is 6.64. The van der Waals surface area contributed by atoms with E-state index in [-0.39, 0.29) is 18.3 Å². The van der Waals surface area contributed by atoms with Gasteiger partial charge in [0.25, 0.3) is 0 Å². The quantitative estimate of drug-likeness (QED) is 0.594. The smallest absolute Gasteiger partial charge is 0.312 e. The number of carboxylic acid groups (broad SMARTS) is 1. The van der Waals surface area contributed by atoms with Gasteiger partial charge in [0.05, 0.1) is 6.10 Å². The molecule has 0 aromatic heterocycles. The number of hydrogen-bond acceptors (Lipinski definition) is 3. The van der Waals surface area contributed by atoms with Gasteiger partial charge in [0.2, 0.25) is 0 Å².